The fraction of sp³-hybridized carbons (Fsp3) is 0.882. The molecule has 0 radical (unpaired) electrons. The van der Waals surface area contributed by atoms with Crippen LogP contribution in [0, 0.1) is 0 Å². The Balaban J connectivity index is 3.39. The number of carbonyl (C=O) groups is 2. The van der Waals surface area contributed by atoms with Crippen molar-refractivity contribution in [1.29, 1.82) is 0 Å². The van der Waals surface area contributed by atoms with Gasteiger partial charge in [0.25, 0.3) is 0 Å². The van der Waals surface area contributed by atoms with E-state index in [-0.39, 0.29) is 18.5 Å². The van der Waals surface area contributed by atoms with Crippen LogP contribution in [0.5, 0.6) is 0 Å². The third-order valence-electron chi connectivity index (χ3n) is 15.4. The molecule has 0 bridgehead atoms. The molecule has 0 unspecified atom stereocenters. The van der Waals surface area contributed by atoms with Crippen LogP contribution in [0.1, 0.15) is 361 Å². The SMILES string of the molecule is CCCCC/C=C\C/C=C\CCCCCCCC(=O)OCCCCCCCCCCCCCCCCCCCCCCCCCCCC(=O)N[C@@H](CO)[C@H](O)/C=C/CCCCCCCCCCCCCCCCC. The van der Waals surface area contributed by atoms with Gasteiger partial charge in [-0.05, 0) is 64.2 Å². The number of aliphatic hydroxyl groups excluding tert-OH is 2. The van der Waals surface area contributed by atoms with E-state index in [1.54, 1.807) is 6.08 Å². The zero-order valence-electron chi connectivity index (χ0n) is 49.8. The number of allylic oxidation sites excluding steroid dienone is 5. The van der Waals surface area contributed by atoms with Gasteiger partial charge in [-0.3, -0.25) is 9.59 Å². The Kier molecular flexibility index (Phi) is 62.0. The van der Waals surface area contributed by atoms with Crippen LogP contribution in [0.15, 0.2) is 36.5 Å². The molecule has 0 rings (SSSR count). The van der Waals surface area contributed by atoms with Crippen molar-refractivity contribution < 1.29 is 24.5 Å². The molecule has 0 aromatic heterocycles. The maximum Gasteiger partial charge on any atom is 0.305 e. The van der Waals surface area contributed by atoms with Crippen molar-refractivity contribution in [3.63, 3.8) is 0 Å². The van der Waals surface area contributed by atoms with Crippen LogP contribution in [-0.2, 0) is 14.3 Å². The largest absolute Gasteiger partial charge is 0.466 e. The summed E-state index contributed by atoms with van der Waals surface area (Å²) in [7, 11) is 0. The highest BCUT2D eigenvalue weighted by molar-refractivity contribution is 5.76. The Morgan fingerprint density at radius 2 is 0.676 bits per heavy atom. The second kappa shape index (κ2) is 63.6. The number of carbonyl (C=O) groups excluding carboxylic acids is 2. The standard InChI is InChI=1S/C68H129NO5/c1-3-5-7-9-11-13-15-17-19-29-33-36-40-44-48-52-56-60-66(71)65(64-70)69-67(72)61-57-53-49-45-41-37-34-30-27-25-23-21-20-22-24-26-28-31-35-39-43-47-51-55-59-63-74-68(73)62-58-54-50-46-42-38-32-18-16-14-12-10-8-6-4-2/h12,14,18,32,56,60,65-66,70-71H,3-11,13,15-17,19-31,33-55,57-59,61-64H2,1-2H3,(H,69,72)/b14-12-,32-18-,60-56+/t65-,66+/m0/s1. The van der Waals surface area contributed by atoms with Gasteiger partial charge in [0.1, 0.15) is 0 Å². The lowest BCUT2D eigenvalue weighted by atomic mass is 10.0. The van der Waals surface area contributed by atoms with E-state index >= 15 is 0 Å². The van der Waals surface area contributed by atoms with Gasteiger partial charge in [-0.2, -0.15) is 0 Å². The van der Waals surface area contributed by atoms with Crippen molar-refractivity contribution >= 4 is 11.9 Å². The molecule has 6 heteroatoms. The van der Waals surface area contributed by atoms with E-state index in [0.29, 0.717) is 19.4 Å². The number of amides is 1. The summed E-state index contributed by atoms with van der Waals surface area (Å²) >= 11 is 0. The summed E-state index contributed by atoms with van der Waals surface area (Å²) in [6.45, 7) is 4.90. The molecular formula is C68H129NO5. The molecule has 1 amide bonds. The molecule has 2 atom stereocenters. The predicted octanol–water partition coefficient (Wildman–Crippen LogP) is 21.1. The highest BCUT2D eigenvalue weighted by atomic mass is 16.5. The fourth-order valence-corrected chi connectivity index (χ4v) is 10.3. The minimum atomic E-state index is -0.844. The zero-order valence-corrected chi connectivity index (χ0v) is 49.8. The Morgan fingerprint density at radius 3 is 1.05 bits per heavy atom. The van der Waals surface area contributed by atoms with Gasteiger partial charge in [-0.1, -0.05) is 320 Å². The summed E-state index contributed by atoms with van der Waals surface area (Å²) in [5.41, 5.74) is 0. The number of rotatable bonds is 62. The topological polar surface area (TPSA) is 95.9 Å². The summed E-state index contributed by atoms with van der Waals surface area (Å²) in [6.07, 6.45) is 80.6. The summed E-state index contributed by atoms with van der Waals surface area (Å²) in [5, 5.41) is 23.2. The van der Waals surface area contributed by atoms with E-state index in [2.05, 4.69) is 43.5 Å². The quantitative estimate of drug-likeness (QED) is 0.0320. The van der Waals surface area contributed by atoms with Gasteiger partial charge in [0.2, 0.25) is 5.91 Å². The van der Waals surface area contributed by atoms with Crippen LogP contribution in [0.25, 0.3) is 0 Å². The first-order valence-electron chi connectivity index (χ1n) is 33.3. The molecule has 0 aromatic carbocycles. The summed E-state index contributed by atoms with van der Waals surface area (Å²) < 4.78 is 5.48. The van der Waals surface area contributed by atoms with E-state index in [0.717, 1.165) is 51.4 Å². The van der Waals surface area contributed by atoms with Crippen molar-refractivity contribution in [3.05, 3.63) is 36.5 Å². The average molecular weight is 1040 g/mol. The van der Waals surface area contributed by atoms with Gasteiger partial charge < -0.3 is 20.3 Å². The summed E-state index contributed by atoms with van der Waals surface area (Å²) in [6, 6.07) is -0.627. The van der Waals surface area contributed by atoms with Gasteiger partial charge in [-0.25, -0.2) is 0 Å². The fourth-order valence-electron chi connectivity index (χ4n) is 10.3. The first-order valence-corrected chi connectivity index (χ1v) is 33.3. The Bertz CT molecular complexity index is 1200. The number of unbranched alkanes of at least 4 members (excludes halogenated alkanes) is 47. The van der Waals surface area contributed by atoms with Crippen molar-refractivity contribution in [2.45, 2.75) is 373 Å². The van der Waals surface area contributed by atoms with Crippen LogP contribution in [0.4, 0.5) is 0 Å². The molecule has 0 aliphatic rings. The average Bonchev–Trinajstić information content (AvgIpc) is 3.40. The lowest BCUT2D eigenvalue weighted by Crippen LogP contribution is -2.45. The molecular weight excluding hydrogens is 911 g/mol. The molecule has 0 saturated carbocycles. The molecule has 0 fully saturated rings. The Morgan fingerprint density at radius 1 is 0.378 bits per heavy atom. The first-order chi connectivity index (χ1) is 36.5. The van der Waals surface area contributed by atoms with E-state index in [1.165, 1.54) is 283 Å². The molecule has 0 aliphatic heterocycles. The predicted molar refractivity (Wildman–Crippen MR) is 324 cm³/mol. The number of hydrogen-bond donors (Lipinski definition) is 3. The molecule has 0 spiro atoms. The van der Waals surface area contributed by atoms with Gasteiger partial charge in [0.05, 0.1) is 25.4 Å². The number of aliphatic hydroxyl groups is 2. The monoisotopic (exact) mass is 1040 g/mol. The van der Waals surface area contributed by atoms with Crippen LogP contribution >= 0.6 is 0 Å². The number of nitrogens with one attached hydrogen (secondary N) is 1. The van der Waals surface area contributed by atoms with Gasteiger partial charge in [0.15, 0.2) is 0 Å². The van der Waals surface area contributed by atoms with Crippen molar-refractivity contribution in [1.82, 2.24) is 5.32 Å². The summed E-state index contributed by atoms with van der Waals surface area (Å²) in [5.74, 6) is -0.0619. The minimum Gasteiger partial charge on any atom is -0.466 e. The molecule has 0 saturated heterocycles. The third kappa shape index (κ3) is 59.3. The van der Waals surface area contributed by atoms with E-state index in [4.69, 9.17) is 4.74 Å². The van der Waals surface area contributed by atoms with Gasteiger partial charge >= 0.3 is 5.97 Å². The highest BCUT2D eigenvalue weighted by Crippen LogP contribution is 2.18. The second-order valence-electron chi connectivity index (χ2n) is 22.8. The number of ether oxygens (including phenoxy) is 1. The van der Waals surface area contributed by atoms with Crippen LogP contribution in [0.3, 0.4) is 0 Å². The highest BCUT2D eigenvalue weighted by Gasteiger charge is 2.18. The Hall–Kier alpha value is -1.92. The van der Waals surface area contributed by atoms with Crippen LogP contribution in [0.2, 0.25) is 0 Å². The lowest BCUT2D eigenvalue weighted by molar-refractivity contribution is -0.143. The zero-order chi connectivity index (χ0) is 53.6. The maximum absolute atomic E-state index is 12.5. The molecule has 0 aliphatic carbocycles. The maximum atomic E-state index is 12.5. The van der Waals surface area contributed by atoms with Gasteiger partial charge in [0, 0.05) is 12.8 Å². The molecule has 436 valence electrons. The first kappa shape index (κ1) is 72.1. The summed E-state index contributed by atoms with van der Waals surface area (Å²) in [4.78, 5) is 24.6. The van der Waals surface area contributed by atoms with E-state index in [9.17, 15) is 19.8 Å². The van der Waals surface area contributed by atoms with E-state index in [1.807, 2.05) is 6.08 Å². The normalized spacial score (nSPS) is 12.8. The Labute approximate surface area is 462 Å². The number of hydrogen-bond acceptors (Lipinski definition) is 5. The molecule has 74 heavy (non-hydrogen) atoms. The molecule has 0 aromatic rings. The molecule has 3 N–H and O–H groups in total. The van der Waals surface area contributed by atoms with Crippen LogP contribution in [-0.4, -0.2) is 47.4 Å². The van der Waals surface area contributed by atoms with Crippen molar-refractivity contribution in [2.75, 3.05) is 13.2 Å². The van der Waals surface area contributed by atoms with E-state index < -0.39 is 12.1 Å². The second-order valence-corrected chi connectivity index (χ2v) is 22.8. The van der Waals surface area contributed by atoms with Gasteiger partial charge in [-0.15, -0.1) is 0 Å². The molecule has 0 heterocycles. The lowest BCUT2D eigenvalue weighted by Gasteiger charge is -2.20. The number of esters is 1. The van der Waals surface area contributed by atoms with Crippen molar-refractivity contribution in [2.24, 2.45) is 0 Å². The minimum absolute atomic E-state index is 0.00215. The smallest absolute Gasteiger partial charge is 0.305 e. The van der Waals surface area contributed by atoms with Crippen molar-refractivity contribution in [3.8, 4) is 0 Å². The third-order valence-corrected chi connectivity index (χ3v) is 15.4. The van der Waals surface area contributed by atoms with Crippen LogP contribution < -0.4 is 5.32 Å². The molecule has 6 nitrogen and oxygen atoms in total.